The maximum absolute atomic E-state index is 6.08. The lowest BCUT2D eigenvalue weighted by molar-refractivity contribution is -0.115. The van der Waals surface area contributed by atoms with Gasteiger partial charge in [-0.15, -0.1) is 0 Å². The summed E-state index contributed by atoms with van der Waals surface area (Å²) in [5.41, 5.74) is 1.54. The Morgan fingerprint density at radius 2 is 1.80 bits per heavy atom. The maximum atomic E-state index is 6.08. The summed E-state index contributed by atoms with van der Waals surface area (Å²) in [4.78, 5) is 0. The van der Waals surface area contributed by atoms with Gasteiger partial charge in [0, 0.05) is 42.9 Å². The molecule has 4 nitrogen and oxygen atoms in total. The van der Waals surface area contributed by atoms with E-state index in [0.29, 0.717) is 30.2 Å². The zero-order valence-corrected chi connectivity index (χ0v) is 15.7. The van der Waals surface area contributed by atoms with Gasteiger partial charge in [0.2, 0.25) is 0 Å². The number of benzene rings is 1. The molecule has 4 atom stereocenters. The number of ether oxygens (including phenoxy) is 3. The summed E-state index contributed by atoms with van der Waals surface area (Å²) >= 11 is 0. The lowest BCUT2D eigenvalue weighted by Crippen LogP contribution is -2.66. The summed E-state index contributed by atoms with van der Waals surface area (Å²) in [7, 11) is 0. The Balaban J connectivity index is 1.35. The van der Waals surface area contributed by atoms with Crippen LogP contribution in [0.1, 0.15) is 51.6 Å². The Bertz CT molecular complexity index is 579. The van der Waals surface area contributed by atoms with Gasteiger partial charge in [-0.2, -0.15) is 0 Å². The summed E-state index contributed by atoms with van der Waals surface area (Å²) in [6.07, 6.45) is 3.90. The summed E-state index contributed by atoms with van der Waals surface area (Å²) in [5, 5.41) is 3.86. The van der Waals surface area contributed by atoms with E-state index in [9.17, 15) is 0 Å². The van der Waals surface area contributed by atoms with Crippen LogP contribution in [0.25, 0.3) is 0 Å². The van der Waals surface area contributed by atoms with E-state index in [4.69, 9.17) is 14.2 Å². The fourth-order valence-electron chi connectivity index (χ4n) is 4.85. The summed E-state index contributed by atoms with van der Waals surface area (Å²) in [6, 6.07) is 9.48. The van der Waals surface area contributed by atoms with E-state index in [1.54, 1.807) is 0 Å². The minimum Gasteiger partial charge on any atom is -0.490 e. The molecule has 1 aromatic carbocycles. The molecule has 3 fully saturated rings. The fraction of sp³-hybridized carbons (Fsp3) is 0.714. The standard InChI is InChI=1S/C21H31NO3/c1-14(22-19-18-10-13-24-20(18)21(19,2)3)15-4-6-16(7-5-15)25-17-8-11-23-12-9-17/h4-7,14,17-20,22H,8-13H2,1-3H3/t14-,18-,19+,20+/m0/s1. The average molecular weight is 345 g/mol. The van der Waals surface area contributed by atoms with Crippen LogP contribution in [0.3, 0.4) is 0 Å². The van der Waals surface area contributed by atoms with Crippen LogP contribution >= 0.6 is 0 Å². The van der Waals surface area contributed by atoms with E-state index >= 15 is 0 Å². The van der Waals surface area contributed by atoms with E-state index in [-0.39, 0.29) is 5.41 Å². The third-order valence-electron chi connectivity index (χ3n) is 6.38. The summed E-state index contributed by atoms with van der Waals surface area (Å²) in [5.74, 6) is 1.64. The second-order valence-electron chi connectivity index (χ2n) is 8.43. The molecule has 1 N–H and O–H groups in total. The Kier molecular flexibility index (Phi) is 4.78. The highest BCUT2D eigenvalue weighted by molar-refractivity contribution is 5.29. The molecule has 0 radical (unpaired) electrons. The largest absolute Gasteiger partial charge is 0.490 e. The SMILES string of the molecule is C[C@H](N[C@@H]1[C@@H]2CCO[C@H]2C1(C)C)c1ccc(OC2CCOCC2)cc1. The fourth-order valence-corrected chi connectivity index (χ4v) is 4.85. The second-order valence-corrected chi connectivity index (χ2v) is 8.43. The molecule has 0 aromatic heterocycles. The number of hydrogen-bond acceptors (Lipinski definition) is 4. The molecule has 1 saturated carbocycles. The Morgan fingerprint density at radius 3 is 2.52 bits per heavy atom. The van der Waals surface area contributed by atoms with E-state index in [1.165, 1.54) is 12.0 Å². The van der Waals surface area contributed by atoms with Crippen molar-refractivity contribution in [1.29, 1.82) is 0 Å². The Morgan fingerprint density at radius 1 is 1.08 bits per heavy atom. The van der Waals surface area contributed by atoms with Crippen molar-refractivity contribution in [2.45, 2.75) is 64.3 Å². The predicted octanol–water partition coefficient (Wildman–Crippen LogP) is 3.71. The van der Waals surface area contributed by atoms with Gasteiger partial charge in [0.15, 0.2) is 0 Å². The third-order valence-corrected chi connectivity index (χ3v) is 6.38. The maximum Gasteiger partial charge on any atom is 0.119 e. The molecule has 3 aliphatic rings. The first-order valence-electron chi connectivity index (χ1n) is 9.78. The monoisotopic (exact) mass is 345 g/mol. The minimum atomic E-state index is 0.224. The normalized spacial score (nSPS) is 32.7. The Hall–Kier alpha value is -1.10. The molecule has 4 heteroatoms. The molecule has 138 valence electrons. The van der Waals surface area contributed by atoms with Crippen LogP contribution in [0.2, 0.25) is 0 Å². The predicted molar refractivity (Wildman–Crippen MR) is 97.9 cm³/mol. The van der Waals surface area contributed by atoms with Crippen molar-refractivity contribution in [3.05, 3.63) is 29.8 Å². The average Bonchev–Trinajstić information content (AvgIpc) is 3.08. The van der Waals surface area contributed by atoms with Crippen molar-refractivity contribution >= 4 is 0 Å². The molecular formula is C21H31NO3. The number of fused-ring (bicyclic) bond motifs is 1. The van der Waals surface area contributed by atoms with E-state index in [1.807, 2.05) is 0 Å². The van der Waals surface area contributed by atoms with Gasteiger partial charge in [0.05, 0.1) is 19.3 Å². The van der Waals surface area contributed by atoms with Crippen molar-refractivity contribution in [1.82, 2.24) is 5.32 Å². The lowest BCUT2D eigenvalue weighted by atomic mass is 9.57. The van der Waals surface area contributed by atoms with Gasteiger partial charge in [-0.1, -0.05) is 26.0 Å². The molecule has 2 saturated heterocycles. The van der Waals surface area contributed by atoms with E-state index < -0.39 is 0 Å². The molecule has 2 aliphatic heterocycles. The first-order chi connectivity index (χ1) is 12.1. The highest BCUT2D eigenvalue weighted by Gasteiger charge is 2.59. The topological polar surface area (TPSA) is 39.7 Å². The zero-order valence-electron chi connectivity index (χ0n) is 15.7. The van der Waals surface area contributed by atoms with Crippen LogP contribution in [0, 0.1) is 11.3 Å². The third kappa shape index (κ3) is 3.32. The number of rotatable bonds is 5. The molecular weight excluding hydrogens is 314 g/mol. The molecule has 0 spiro atoms. The molecule has 2 heterocycles. The molecule has 25 heavy (non-hydrogen) atoms. The van der Waals surface area contributed by atoms with Crippen molar-refractivity contribution < 1.29 is 14.2 Å². The Labute approximate surface area is 151 Å². The van der Waals surface area contributed by atoms with Crippen LogP contribution < -0.4 is 10.1 Å². The molecule has 1 aromatic rings. The van der Waals surface area contributed by atoms with Crippen LogP contribution in [-0.4, -0.2) is 38.1 Å². The summed E-state index contributed by atoms with van der Waals surface area (Å²) in [6.45, 7) is 9.46. The highest BCUT2D eigenvalue weighted by atomic mass is 16.5. The first-order valence-corrected chi connectivity index (χ1v) is 9.78. The second kappa shape index (κ2) is 6.90. The molecule has 0 bridgehead atoms. The van der Waals surface area contributed by atoms with Gasteiger partial charge in [-0.05, 0) is 31.0 Å². The van der Waals surface area contributed by atoms with Crippen molar-refractivity contribution in [2.24, 2.45) is 11.3 Å². The van der Waals surface area contributed by atoms with E-state index in [2.05, 4.69) is 50.4 Å². The molecule has 1 aliphatic carbocycles. The lowest BCUT2D eigenvalue weighted by Gasteiger charge is -2.55. The molecule has 4 rings (SSSR count). The smallest absolute Gasteiger partial charge is 0.119 e. The van der Waals surface area contributed by atoms with Gasteiger partial charge in [0.25, 0.3) is 0 Å². The van der Waals surface area contributed by atoms with Crippen molar-refractivity contribution in [3.8, 4) is 5.75 Å². The van der Waals surface area contributed by atoms with E-state index in [0.717, 1.165) is 38.4 Å². The van der Waals surface area contributed by atoms with Gasteiger partial charge in [0.1, 0.15) is 11.9 Å². The van der Waals surface area contributed by atoms with Crippen LogP contribution in [-0.2, 0) is 9.47 Å². The first kappa shape index (κ1) is 17.3. The van der Waals surface area contributed by atoms with Gasteiger partial charge < -0.3 is 19.5 Å². The van der Waals surface area contributed by atoms with Gasteiger partial charge >= 0.3 is 0 Å². The summed E-state index contributed by atoms with van der Waals surface area (Å²) < 4.78 is 17.4. The molecule has 0 amide bonds. The quantitative estimate of drug-likeness (QED) is 0.883. The zero-order chi connectivity index (χ0) is 17.4. The number of hydrogen-bond donors (Lipinski definition) is 1. The van der Waals surface area contributed by atoms with Crippen molar-refractivity contribution in [2.75, 3.05) is 19.8 Å². The van der Waals surface area contributed by atoms with Crippen molar-refractivity contribution in [3.63, 3.8) is 0 Å². The van der Waals surface area contributed by atoms with Gasteiger partial charge in [-0.3, -0.25) is 0 Å². The van der Waals surface area contributed by atoms with Crippen LogP contribution in [0.15, 0.2) is 24.3 Å². The molecule has 0 unspecified atom stereocenters. The van der Waals surface area contributed by atoms with Crippen LogP contribution in [0.4, 0.5) is 0 Å². The van der Waals surface area contributed by atoms with Gasteiger partial charge in [-0.25, -0.2) is 0 Å². The van der Waals surface area contributed by atoms with Crippen LogP contribution in [0.5, 0.6) is 5.75 Å². The minimum absolute atomic E-state index is 0.224. The number of nitrogens with one attached hydrogen (secondary N) is 1. The highest BCUT2D eigenvalue weighted by Crippen LogP contribution is 2.52.